The number of ether oxygens (including phenoxy) is 1. The van der Waals surface area contributed by atoms with Crippen LogP contribution < -0.4 is 5.32 Å². The molecule has 1 heterocycles. The molecule has 0 spiro atoms. The minimum absolute atomic E-state index is 0.0528. The number of nitrogens with one attached hydrogen (secondary N) is 1. The van der Waals surface area contributed by atoms with E-state index in [2.05, 4.69) is 12.2 Å². The first-order chi connectivity index (χ1) is 11.0. The average molecular weight is 332 g/mol. The fraction of sp³-hybridized carbons (Fsp3) is 0.368. The van der Waals surface area contributed by atoms with Crippen LogP contribution in [0.15, 0.2) is 60.7 Å². The van der Waals surface area contributed by atoms with Gasteiger partial charge in [0.25, 0.3) is 0 Å². The van der Waals surface area contributed by atoms with Gasteiger partial charge in [-0.1, -0.05) is 60.7 Å². The minimum atomic E-state index is -1.34. The molecule has 23 heavy (non-hydrogen) atoms. The molecule has 0 amide bonds. The third-order valence-corrected chi connectivity index (χ3v) is 5.13. The largest absolute Gasteiger partial charge is 0.379 e. The summed E-state index contributed by atoms with van der Waals surface area (Å²) < 4.78 is 5.92. The van der Waals surface area contributed by atoms with Crippen molar-refractivity contribution in [2.45, 2.75) is 43.2 Å². The molecule has 4 atom stereocenters. The summed E-state index contributed by atoms with van der Waals surface area (Å²) in [7, 11) is 0. The number of aliphatic hydroxyl groups is 1. The van der Waals surface area contributed by atoms with E-state index in [1.165, 1.54) is 0 Å². The molecule has 1 fully saturated rings. The van der Waals surface area contributed by atoms with Gasteiger partial charge in [0, 0.05) is 6.04 Å². The molecule has 122 valence electrons. The zero-order chi connectivity index (χ0) is 16.4. The number of hydrogen-bond donors (Lipinski definition) is 2. The molecule has 1 unspecified atom stereocenters. The number of alkyl halides is 1. The normalized spacial score (nSPS) is 26.2. The summed E-state index contributed by atoms with van der Waals surface area (Å²) in [5, 5.41) is 14.3. The Kier molecular flexibility index (Phi) is 4.74. The third-order valence-electron chi connectivity index (χ3n) is 4.59. The van der Waals surface area contributed by atoms with Gasteiger partial charge in [-0.2, -0.15) is 0 Å². The quantitative estimate of drug-likeness (QED) is 0.845. The van der Waals surface area contributed by atoms with Gasteiger partial charge in [-0.15, -0.1) is 11.6 Å². The van der Waals surface area contributed by atoms with Crippen LogP contribution in [0.1, 0.15) is 25.0 Å². The molecule has 0 aromatic heterocycles. The highest BCUT2D eigenvalue weighted by atomic mass is 35.5. The van der Waals surface area contributed by atoms with Crippen LogP contribution in [0, 0.1) is 0 Å². The van der Waals surface area contributed by atoms with Crippen molar-refractivity contribution in [2.24, 2.45) is 0 Å². The van der Waals surface area contributed by atoms with Crippen LogP contribution in [0.2, 0.25) is 0 Å². The predicted octanol–water partition coefficient (Wildman–Crippen LogP) is 3.25. The van der Waals surface area contributed by atoms with Gasteiger partial charge in [-0.3, -0.25) is 5.32 Å². The van der Waals surface area contributed by atoms with E-state index in [-0.39, 0.29) is 12.1 Å². The van der Waals surface area contributed by atoms with Crippen LogP contribution in [-0.2, 0) is 10.3 Å². The van der Waals surface area contributed by atoms with Gasteiger partial charge in [0.15, 0.2) is 0 Å². The molecule has 1 saturated heterocycles. The first-order valence-electron chi connectivity index (χ1n) is 7.92. The fourth-order valence-corrected chi connectivity index (χ4v) is 3.41. The maximum absolute atomic E-state index is 11.6. The number of rotatable bonds is 4. The van der Waals surface area contributed by atoms with E-state index in [1.807, 2.05) is 67.6 Å². The number of benzene rings is 2. The van der Waals surface area contributed by atoms with E-state index in [0.29, 0.717) is 0 Å². The SMILES string of the molecule is CC1N[C@@H]([C@@H](Cl)C(O)(c2ccccc2)c2ccccc2)O[C@@H]1C. The Morgan fingerprint density at radius 1 is 1.00 bits per heavy atom. The monoisotopic (exact) mass is 331 g/mol. The highest BCUT2D eigenvalue weighted by Crippen LogP contribution is 2.39. The predicted molar refractivity (Wildman–Crippen MR) is 92.5 cm³/mol. The molecular weight excluding hydrogens is 310 g/mol. The Morgan fingerprint density at radius 2 is 1.48 bits per heavy atom. The molecule has 1 aliphatic rings. The van der Waals surface area contributed by atoms with E-state index in [1.54, 1.807) is 0 Å². The Hall–Kier alpha value is -1.39. The highest BCUT2D eigenvalue weighted by molar-refractivity contribution is 6.22. The minimum Gasteiger partial charge on any atom is -0.379 e. The van der Waals surface area contributed by atoms with Crippen molar-refractivity contribution >= 4 is 11.6 Å². The molecule has 1 aliphatic heterocycles. The van der Waals surface area contributed by atoms with Crippen molar-refractivity contribution in [3.8, 4) is 0 Å². The van der Waals surface area contributed by atoms with Gasteiger partial charge < -0.3 is 9.84 Å². The molecule has 2 aromatic rings. The maximum atomic E-state index is 11.6. The van der Waals surface area contributed by atoms with Crippen LogP contribution >= 0.6 is 11.6 Å². The van der Waals surface area contributed by atoms with Gasteiger partial charge in [-0.25, -0.2) is 0 Å². The highest BCUT2D eigenvalue weighted by Gasteiger charge is 2.47. The van der Waals surface area contributed by atoms with Crippen molar-refractivity contribution < 1.29 is 9.84 Å². The maximum Gasteiger partial charge on any atom is 0.135 e. The van der Waals surface area contributed by atoms with E-state index in [9.17, 15) is 5.11 Å². The van der Waals surface area contributed by atoms with Crippen LogP contribution in [0.3, 0.4) is 0 Å². The Morgan fingerprint density at radius 3 is 1.87 bits per heavy atom. The van der Waals surface area contributed by atoms with Gasteiger partial charge in [0.1, 0.15) is 17.2 Å². The lowest BCUT2D eigenvalue weighted by molar-refractivity contribution is -0.0163. The van der Waals surface area contributed by atoms with E-state index in [0.717, 1.165) is 11.1 Å². The zero-order valence-corrected chi connectivity index (χ0v) is 14.1. The average Bonchev–Trinajstić information content (AvgIpc) is 2.94. The second-order valence-electron chi connectivity index (χ2n) is 6.12. The summed E-state index contributed by atoms with van der Waals surface area (Å²) in [6.45, 7) is 4.06. The summed E-state index contributed by atoms with van der Waals surface area (Å²) in [4.78, 5) is 0. The second-order valence-corrected chi connectivity index (χ2v) is 6.59. The first kappa shape index (κ1) is 16.5. The summed E-state index contributed by atoms with van der Waals surface area (Å²) in [6, 6.07) is 19.2. The molecule has 2 aromatic carbocycles. The van der Waals surface area contributed by atoms with E-state index >= 15 is 0 Å². The molecule has 0 bridgehead atoms. The van der Waals surface area contributed by atoms with E-state index < -0.39 is 17.2 Å². The van der Waals surface area contributed by atoms with Gasteiger partial charge in [0.05, 0.1) is 6.10 Å². The Balaban J connectivity index is 2.03. The van der Waals surface area contributed by atoms with Crippen molar-refractivity contribution in [1.82, 2.24) is 5.32 Å². The summed E-state index contributed by atoms with van der Waals surface area (Å²) in [5.74, 6) is 0. The lowest BCUT2D eigenvalue weighted by Gasteiger charge is -2.36. The molecule has 0 aliphatic carbocycles. The standard InChI is InChI=1S/C19H22ClNO2/c1-13-14(2)23-18(21-13)17(20)19(22,15-9-5-3-6-10-15)16-11-7-4-8-12-16/h3-14,17-18,21-22H,1-2H3/t13?,14-,17-,18-/m1/s1. The van der Waals surface area contributed by atoms with Crippen molar-refractivity contribution in [3.63, 3.8) is 0 Å². The van der Waals surface area contributed by atoms with Crippen LogP contribution in [0.5, 0.6) is 0 Å². The van der Waals surface area contributed by atoms with Crippen LogP contribution in [-0.4, -0.2) is 28.9 Å². The zero-order valence-electron chi connectivity index (χ0n) is 13.3. The smallest absolute Gasteiger partial charge is 0.135 e. The lowest BCUT2D eigenvalue weighted by atomic mass is 9.82. The molecule has 0 radical (unpaired) electrons. The molecule has 3 nitrogen and oxygen atoms in total. The Bertz CT molecular complexity index is 585. The summed E-state index contributed by atoms with van der Waals surface area (Å²) in [5.41, 5.74) is 0.165. The molecular formula is C19H22ClNO2. The van der Waals surface area contributed by atoms with Crippen molar-refractivity contribution in [3.05, 3.63) is 71.8 Å². The van der Waals surface area contributed by atoms with Gasteiger partial charge >= 0.3 is 0 Å². The molecule has 2 N–H and O–H groups in total. The van der Waals surface area contributed by atoms with Crippen molar-refractivity contribution in [1.29, 1.82) is 0 Å². The Labute approximate surface area is 142 Å². The number of halogens is 1. The first-order valence-corrected chi connectivity index (χ1v) is 8.36. The molecule has 0 saturated carbocycles. The topological polar surface area (TPSA) is 41.5 Å². The van der Waals surface area contributed by atoms with E-state index in [4.69, 9.17) is 16.3 Å². The van der Waals surface area contributed by atoms with Gasteiger partial charge in [-0.05, 0) is 25.0 Å². The summed E-state index contributed by atoms with van der Waals surface area (Å²) >= 11 is 6.76. The van der Waals surface area contributed by atoms with Crippen molar-refractivity contribution in [2.75, 3.05) is 0 Å². The molecule has 3 rings (SSSR count). The van der Waals surface area contributed by atoms with Crippen LogP contribution in [0.4, 0.5) is 0 Å². The number of hydrogen-bond acceptors (Lipinski definition) is 3. The second kappa shape index (κ2) is 6.62. The van der Waals surface area contributed by atoms with Crippen LogP contribution in [0.25, 0.3) is 0 Å². The molecule has 4 heteroatoms. The third kappa shape index (κ3) is 3.02. The van der Waals surface area contributed by atoms with Gasteiger partial charge in [0.2, 0.25) is 0 Å². The lowest BCUT2D eigenvalue weighted by Crippen LogP contribution is -2.49. The summed E-state index contributed by atoms with van der Waals surface area (Å²) in [6.07, 6.45) is -0.371. The fourth-order valence-electron chi connectivity index (χ4n) is 3.03.